The first kappa shape index (κ1) is 52.0. The van der Waals surface area contributed by atoms with Crippen molar-refractivity contribution in [1.29, 1.82) is 0 Å². The van der Waals surface area contributed by atoms with E-state index in [1.165, 1.54) is 24.3 Å². The summed E-state index contributed by atoms with van der Waals surface area (Å²) in [6.07, 6.45) is 1.41. The van der Waals surface area contributed by atoms with Crippen molar-refractivity contribution in [2.75, 3.05) is 41.4 Å². The van der Waals surface area contributed by atoms with Crippen LogP contribution in [0.3, 0.4) is 0 Å². The van der Waals surface area contributed by atoms with Crippen LogP contribution >= 0.6 is 11.6 Å². The lowest BCUT2D eigenvalue weighted by molar-refractivity contribution is -0.211. The Morgan fingerprint density at radius 1 is 0.649 bits per heavy atom. The Bertz CT molecular complexity index is 3350. The van der Waals surface area contributed by atoms with Gasteiger partial charge in [0.1, 0.15) is 53.7 Å². The van der Waals surface area contributed by atoms with Gasteiger partial charge < -0.3 is 47.4 Å². The average molecular weight is 1080 g/mol. The summed E-state index contributed by atoms with van der Waals surface area (Å²) in [7, 11) is -1.06. The van der Waals surface area contributed by atoms with Crippen LogP contribution in [0.1, 0.15) is 56.6 Å². The van der Waals surface area contributed by atoms with Gasteiger partial charge in [-0.15, -0.1) is 0 Å². The number of hydrogen-bond donors (Lipinski definition) is 0. The normalized spacial score (nSPS) is 26.8. The molecule has 0 N–H and O–H groups in total. The fourth-order valence-electron chi connectivity index (χ4n) is 9.48. The number of fused-ring (bicyclic) bond motifs is 4. The van der Waals surface area contributed by atoms with Crippen molar-refractivity contribution < 1.29 is 53.6 Å². The van der Waals surface area contributed by atoms with E-state index in [2.05, 4.69) is 24.9 Å². The first-order valence-electron chi connectivity index (χ1n) is 23.8. The molecule has 8 heterocycles. The molecule has 9 atom stereocenters. The molecule has 0 aliphatic carbocycles. The van der Waals surface area contributed by atoms with Gasteiger partial charge in [-0.25, -0.2) is 20.0 Å². The Kier molecular flexibility index (Phi) is 14.0. The van der Waals surface area contributed by atoms with Crippen molar-refractivity contribution in [3.05, 3.63) is 95.3 Å². The summed E-state index contributed by atoms with van der Waals surface area (Å²) in [6, 6.07) is 16.4. The molecule has 394 valence electrons. The van der Waals surface area contributed by atoms with Crippen molar-refractivity contribution >= 4 is 78.2 Å². The summed E-state index contributed by atoms with van der Waals surface area (Å²) in [6.45, 7) is 8.30. The van der Waals surface area contributed by atoms with Crippen LogP contribution in [0.15, 0.2) is 92.8 Å². The van der Waals surface area contributed by atoms with Gasteiger partial charge in [0.2, 0.25) is 5.28 Å². The maximum atomic E-state index is 13.8. The molecule has 4 aromatic heterocycles. The fourth-order valence-corrected chi connectivity index (χ4v) is 11.5. The maximum Gasteiger partial charge on any atom is 0.297 e. The van der Waals surface area contributed by atoms with Crippen molar-refractivity contribution in [1.82, 2.24) is 38.9 Å². The second-order valence-corrected chi connectivity index (χ2v) is 23.2. The Morgan fingerprint density at radius 2 is 1.12 bits per heavy atom. The number of aryl methyl sites for hydroxylation is 3. The van der Waals surface area contributed by atoms with E-state index in [9.17, 15) is 16.8 Å². The number of aromatic nitrogens is 6. The zero-order chi connectivity index (χ0) is 52.5. The topological polar surface area (TPSA) is 235 Å². The fraction of sp³-hybridized carbons (Fsp3) is 0.469. The van der Waals surface area contributed by atoms with Gasteiger partial charge in [0.15, 0.2) is 35.7 Å². The van der Waals surface area contributed by atoms with E-state index in [1.807, 2.05) is 56.8 Å². The number of rotatable bonds is 17. The summed E-state index contributed by atoms with van der Waals surface area (Å²) in [5.41, 5.74) is 2.67. The minimum absolute atomic E-state index is 0.00351. The first-order valence-corrected chi connectivity index (χ1v) is 27.0. The Hall–Kier alpha value is -5.51. The zero-order valence-corrected chi connectivity index (χ0v) is 44.5. The molecule has 0 amide bonds. The van der Waals surface area contributed by atoms with Crippen LogP contribution in [-0.2, 0) is 63.4 Å². The van der Waals surface area contributed by atoms with Crippen LogP contribution in [-0.4, -0.2) is 158 Å². The molecule has 4 fully saturated rings. The van der Waals surface area contributed by atoms with E-state index in [0.29, 0.717) is 52.4 Å². The molecule has 2 aromatic carbocycles. The maximum absolute atomic E-state index is 13.8. The predicted octanol–water partition coefficient (Wildman–Crippen LogP) is 6.15. The van der Waals surface area contributed by atoms with Gasteiger partial charge in [0.05, 0.1) is 46.5 Å². The standard InChI is InChI=1S/C49H57ClN10O12S2/c1-28-10-14-31(15-11-28)73(61,62)66-25-36-38-40(46(68-36)60-23-20-34-42(52-27-58(8)9)55-47(50)56-44(34)60)72-49(5,71-38)21-18-30-12-16-32(17-13-30)74(63,64)65-24-35-37-39(70-48(3,4)69-37)45(67-35)59-22-19-33-41(51-26-57(6)7)53-29(2)54-43(33)59/h10-17,19-20,22-23,26-27,35-40,45-46H,18,21,24-25H2,1-9H3/b51-26+,52-27+/t35-,36-,37-,38-,39-,40-,45-,46-,49?/m1/s1. The van der Waals surface area contributed by atoms with E-state index in [-0.39, 0.29) is 28.3 Å². The molecule has 22 nitrogen and oxygen atoms in total. The summed E-state index contributed by atoms with van der Waals surface area (Å²) in [4.78, 5) is 30.6. The predicted molar refractivity (Wildman–Crippen MR) is 270 cm³/mol. The summed E-state index contributed by atoms with van der Waals surface area (Å²) < 4.78 is 108. The largest absolute Gasteiger partial charge is 0.369 e. The molecule has 10 rings (SSSR count). The van der Waals surface area contributed by atoms with Gasteiger partial charge in [-0.05, 0) is 94.6 Å². The number of hydrogen-bond acceptors (Lipinski definition) is 18. The monoisotopic (exact) mass is 1080 g/mol. The van der Waals surface area contributed by atoms with Crippen molar-refractivity contribution in [2.24, 2.45) is 9.98 Å². The second kappa shape index (κ2) is 19.9. The highest BCUT2D eigenvalue weighted by Gasteiger charge is 2.58. The van der Waals surface area contributed by atoms with E-state index in [0.717, 1.165) is 11.1 Å². The minimum Gasteiger partial charge on any atom is -0.369 e. The quantitative estimate of drug-likeness (QED) is 0.0431. The number of nitrogens with zero attached hydrogens (tertiary/aromatic N) is 10. The molecule has 0 saturated carbocycles. The Balaban J connectivity index is 0.827. The average Bonchev–Trinajstić information content (AvgIpc) is 4.20. The molecule has 0 spiro atoms. The summed E-state index contributed by atoms with van der Waals surface area (Å²) >= 11 is 6.42. The van der Waals surface area contributed by atoms with Gasteiger partial charge >= 0.3 is 0 Å². The van der Waals surface area contributed by atoms with Gasteiger partial charge in [-0.3, -0.25) is 8.37 Å². The number of benzene rings is 2. The third-order valence-electron chi connectivity index (χ3n) is 12.9. The third-order valence-corrected chi connectivity index (χ3v) is 15.7. The summed E-state index contributed by atoms with van der Waals surface area (Å²) in [5.74, 6) is -0.835. The summed E-state index contributed by atoms with van der Waals surface area (Å²) in [5, 5.41) is 1.26. The highest BCUT2D eigenvalue weighted by Crippen LogP contribution is 2.47. The van der Waals surface area contributed by atoms with Crippen LogP contribution < -0.4 is 0 Å². The zero-order valence-electron chi connectivity index (χ0n) is 42.1. The SMILES string of the molecule is Cc1ccc(S(=O)(=O)OC[C@H]2O[C@@H](n3ccc4c(/N=C/N(C)C)nc(Cl)nc43)[C@@H]3OC(C)(CCc4ccc(S(=O)(=O)OC[C@H]5O[C@@H](n6ccc7c(/N=C/N(C)C)nc(C)nc76)[C@@H]6OC(C)(C)O[C@@H]65)cc4)O[C@@H]32)cc1. The van der Waals surface area contributed by atoms with Gasteiger partial charge in [0.25, 0.3) is 20.2 Å². The Labute approximate surface area is 433 Å². The number of aliphatic imine (C=N–C) groups is 2. The minimum atomic E-state index is -4.27. The Morgan fingerprint density at radius 3 is 1.68 bits per heavy atom. The number of ether oxygens (including phenoxy) is 6. The molecule has 1 unspecified atom stereocenters. The number of halogens is 1. The van der Waals surface area contributed by atoms with Crippen LogP contribution in [0.25, 0.3) is 22.1 Å². The van der Waals surface area contributed by atoms with Crippen LogP contribution in [0, 0.1) is 13.8 Å². The molecule has 4 saturated heterocycles. The van der Waals surface area contributed by atoms with E-state index in [4.69, 9.17) is 53.4 Å². The van der Waals surface area contributed by atoms with E-state index < -0.39 is 80.9 Å². The van der Waals surface area contributed by atoms with Gasteiger partial charge in [-0.2, -0.15) is 26.8 Å². The highest BCUT2D eigenvalue weighted by molar-refractivity contribution is 7.87. The van der Waals surface area contributed by atoms with Crippen LogP contribution in [0.2, 0.25) is 5.28 Å². The van der Waals surface area contributed by atoms with E-state index >= 15 is 0 Å². The lowest BCUT2D eigenvalue weighted by atomic mass is 10.1. The van der Waals surface area contributed by atoms with Gasteiger partial charge in [0, 0.05) is 47.0 Å². The van der Waals surface area contributed by atoms with Crippen molar-refractivity contribution in [3.63, 3.8) is 0 Å². The highest BCUT2D eigenvalue weighted by atomic mass is 35.5. The molecule has 6 aromatic rings. The molecule has 4 aliphatic rings. The van der Waals surface area contributed by atoms with Gasteiger partial charge in [-0.1, -0.05) is 29.8 Å². The first-order chi connectivity index (χ1) is 35.0. The van der Waals surface area contributed by atoms with Crippen molar-refractivity contribution in [2.45, 2.75) is 118 Å². The lowest BCUT2D eigenvalue weighted by Crippen LogP contribution is -2.35. The molecule has 25 heteroatoms. The second-order valence-electron chi connectivity index (χ2n) is 19.7. The van der Waals surface area contributed by atoms with E-state index in [1.54, 1.807) is 86.4 Å². The molecule has 74 heavy (non-hydrogen) atoms. The molecule has 4 aliphatic heterocycles. The molecule has 0 bridgehead atoms. The van der Waals surface area contributed by atoms with Crippen molar-refractivity contribution in [3.8, 4) is 0 Å². The smallest absolute Gasteiger partial charge is 0.297 e. The van der Waals surface area contributed by atoms with Crippen LogP contribution in [0.4, 0.5) is 11.6 Å². The third kappa shape index (κ3) is 10.5. The van der Waals surface area contributed by atoms with Crippen LogP contribution in [0.5, 0.6) is 0 Å². The molecular weight excluding hydrogens is 1020 g/mol. The molecular formula is C49H57ClN10O12S2. The lowest BCUT2D eigenvalue weighted by Gasteiger charge is -2.28. The molecule has 0 radical (unpaired) electrons.